The third-order valence-corrected chi connectivity index (χ3v) is 4.83. The summed E-state index contributed by atoms with van der Waals surface area (Å²) in [5.41, 5.74) is -0.620. The van der Waals surface area contributed by atoms with E-state index < -0.39 is 34.8 Å². The minimum Gasteiger partial charge on any atom is -0.444 e. The van der Waals surface area contributed by atoms with Crippen molar-refractivity contribution in [2.24, 2.45) is 5.92 Å². The monoisotopic (exact) mass is 337 g/mol. The van der Waals surface area contributed by atoms with Gasteiger partial charge in [-0.1, -0.05) is 0 Å². The lowest BCUT2D eigenvalue weighted by Gasteiger charge is -2.38. The van der Waals surface area contributed by atoms with Gasteiger partial charge in [-0.15, -0.1) is 0 Å². The van der Waals surface area contributed by atoms with Crippen molar-refractivity contribution >= 4 is 12.4 Å². The Bertz CT molecular complexity index is 665. The summed E-state index contributed by atoms with van der Waals surface area (Å²) in [6, 6.07) is 2.91. The number of likely N-dealkylation sites (tertiary alicyclic amines) is 1. The van der Waals surface area contributed by atoms with Gasteiger partial charge in [-0.25, -0.2) is 13.6 Å². The summed E-state index contributed by atoms with van der Waals surface area (Å²) < 4.78 is 32.6. The summed E-state index contributed by atoms with van der Waals surface area (Å²) in [7, 11) is 0. The zero-order chi connectivity index (χ0) is 17.7. The fourth-order valence-corrected chi connectivity index (χ4v) is 3.66. The molecular weight excluding hydrogens is 316 g/mol. The van der Waals surface area contributed by atoms with Gasteiger partial charge in [0.15, 0.2) is 0 Å². The predicted octanol–water partition coefficient (Wildman–Crippen LogP) is 3.43. The second-order valence-corrected chi connectivity index (χ2v) is 7.76. The van der Waals surface area contributed by atoms with Crippen LogP contribution in [0.3, 0.4) is 0 Å². The lowest BCUT2D eigenvalue weighted by molar-refractivity contribution is -0.113. The normalized spacial score (nSPS) is 29.0. The van der Waals surface area contributed by atoms with E-state index in [0.29, 0.717) is 18.4 Å². The van der Waals surface area contributed by atoms with Crippen LogP contribution in [0.5, 0.6) is 0 Å². The summed E-state index contributed by atoms with van der Waals surface area (Å²) in [6.45, 7) is 5.49. The summed E-state index contributed by atoms with van der Waals surface area (Å²) >= 11 is 0. The molecule has 130 valence electrons. The van der Waals surface area contributed by atoms with Crippen molar-refractivity contribution in [3.63, 3.8) is 0 Å². The highest BCUT2D eigenvalue weighted by Crippen LogP contribution is 2.60. The molecule has 1 aliphatic heterocycles. The van der Waals surface area contributed by atoms with E-state index in [4.69, 9.17) is 4.74 Å². The predicted molar refractivity (Wildman–Crippen MR) is 83.6 cm³/mol. The van der Waals surface area contributed by atoms with E-state index in [9.17, 15) is 18.4 Å². The number of halogens is 2. The Morgan fingerprint density at radius 3 is 2.46 bits per heavy atom. The number of aldehydes is 1. The van der Waals surface area contributed by atoms with Crippen LogP contribution in [0.15, 0.2) is 18.2 Å². The smallest absolute Gasteiger partial charge is 0.410 e. The van der Waals surface area contributed by atoms with Gasteiger partial charge in [-0.2, -0.15) is 0 Å². The number of carbonyl (C=O) groups is 2. The molecule has 1 saturated carbocycles. The molecular formula is C18H21F2NO3. The molecule has 2 unspecified atom stereocenters. The van der Waals surface area contributed by atoms with Crippen LogP contribution in [0.4, 0.5) is 13.6 Å². The van der Waals surface area contributed by atoms with Gasteiger partial charge in [0.1, 0.15) is 23.5 Å². The molecule has 0 bridgehead atoms. The van der Waals surface area contributed by atoms with E-state index in [2.05, 4.69) is 0 Å². The van der Waals surface area contributed by atoms with Crippen LogP contribution in [0.25, 0.3) is 0 Å². The van der Waals surface area contributed by atoms with Crippen LogP contribution in [0.1, 0.15) is 39.2 Å². The Kier molecular flexibility index (Phi) is 3.89. The number of piperidine rings is 1. The lowest BCUT2D eigenvalue weighted by atomic mass is 9.86. The number of carbonyl (C=O) groups excluding carboxylic acids is 2. The highest BCUT2D eigenvalue weighted by atomic mass is 19.1. The van der Waals surface area contributed by atoms with E-state index in [-0.39, 0.29) is 12.5 Å². The van der Waals surface area contributed by atoms with E-state index in [0.717, 1.165) is 12.4 Å². The minimum absolute atomic E-state index is 0.146. The SMILES string of the molecule is CC(C)(C)OC(=O)N1C[C@@]2(c3cc(F)cc(F)c3)CC2CC1C=O. The van der Waals surface area contributed by atoms with Gasteiger partial charge in [0.05, 0.1) is 6.04 Å². The lowest BCUT2D eigenvalue weighted by Crippen LogP contribution is -2.51. The molecule has 6 heteroatoms. The number of amides is 1. The van der Waals surface area contributed by atoms with Crippen molar-refractivity contribution < 1.29 is 23.1 Å². The molecule has 1 aromatic rings. The molecule has 3 atom stereocenters. The largest absolute Gasteiger partial charge is 0.444 e. The van der Waals surface area contributed by atoms with Gasteiger partial charge in [0.25, 0.3) is 0 Å². The molecule has 24 heavy (non-hydrogen) atoms. The average Bonchev–Trinajstić information content (AvgIpc) is 3.17. The summed E-state index contributed by atoms with van der Waals surface area (Å²) in [4.78, 5) is 25.2. The average molecular weight is 337 g/mol. The quantitative estimate of drug-likeness (QED) is 0.777. The van der Waals surface area contributed by atoms with Crippen molar-refractivity contribution in [3.05, 3.63) is 35.4 Å². The van der Waals surface area contributed by atoms with Gasteiger partial charge in [-0.05, 0) is 57.2 Å². The first-order valence-corrected chi connectivity index (χ1v) is 8.06. The van der Waals surface area contributed by atoms with Crippen LogP contribution >= 0.6 is 0 Å². The first-order chi connectivity index (χ1) is 11.1. The summed E-state index contributed by atoms with van der Waals surface area (Å²) in [6.07, 6.45) is 1.37. The molecule has 0 spiro atoms. The number of hydrogen-bond donors (Lipinski definition) is 0. The molecule has 1 amide bonds. The standard InChI is InChI=1S/C18H21F2NO3/c1-17(2,3)24-16(23)21-10-18(8-12(18)6-15(21)9-22)11-4-13(19)7-14(20)5-11/h4-5,7,9,12,15H,6,8,10H2,1-3H3/t12?,15?,18-/m1/s1. The van der Waals surface area contributed by atoms with Gasteiger partial charge in [-0.3, -0.25) is 4.90 Å². The van der Waals surface area contributed by atoms with E-state index >= 15 is 0 Å². The third-order valence-electron chi connectivity index (χ3n) is 4.83. The van der Waals surface area contributed by atoms with Crippen molar-refractivity contribution in [2.45, 2.75) is 50.7 Å². The molecule has 1 saturated heterocycles. The van der Waals surface area contributed by atoms with Gasteiger partial charge < -0.3 is 9.53 Å². The van der Waals surface area contributed by atoms with Crippen molar-refractivity contribution in [3.8, 4) is 0 Å². The summed E-state index contributed by atoms with van der Waals surface area (Å²) in [5.74, 6) is -1.12. The topological polar surface area (TPSA) is 46.6 Å². The molecule has 3 rings (SSSR count). The highest BCUT2D eigenvalue weighted by Gasteiger charge is 2.61. The number of fused-ring (bicyclic) bond motifs is 1. The molecule has 2 aliphatic rings. The number of rotatable bonds is 2. The van der Waals surface area contributed by atoms with E-state index in [1.165, 1.54) is 17.0 Å². The maximum atomic E-state index is 13.6. The fourth-order valence-electron chi connectivity index (χ4n) is 3.66. The molecule has 1 aromatic carbocycles. The van der Waals surface area contributed by atoms with Crippen molar-refractivity contribution in [2.75, 3.05) is 6.54 Å². The molecule has 0 radical (unpaired) electrons. The van der Waals surface area contributed by atoms with E-state index in [1.807, 2.05) is 0 Å². The maximum absolute atomic E-state index is 13.6. The van der Waals surface area contributed by atoms with Crippen LogP contribution in [-0.4, -0.2) is 35.5 Å². The maximum Gasteiger partial charge on any atom is 0.410 e. The molecule has 0 aromatic heterocycles. The Hall–Kier alpha value is -1.98. The first kappa shape index (κ1) is 16.9. The Morgan fingerprint density at radius 1 is 1.29 bits per heavy atom. The molecule has 1 heterocycles. The Labute approximate surface area is 139 Å². The molecule has 2 fully saturated rings. The fraction of sp³-hybridized carbons (Fsp3) is 0.556. The number of hydrogen-bond acceptors (Lipinski definition) is 3. The number of ether oxygens (including phenoxy) is 1. The van der Waals surface area contributed by atoms with Crippen LogP contribution in [-0.2, 0) is 14.9 Å². The second kappa shape index (κ2) is 5.53. The first-order valence-electron chi connectivity index (χ1n) is 8.06. The van der Waals surface area contributed by atoms with Gasteiger partial charge in [0.2, 0.25) is 0 Å². The van der Waals surface area contributed by atoms with Crippen LogP contribution < -0.4 is 0 Å². The highest BCUT2D eigenvalue weighted by molar-refractivity contribution is 5.75. The van der Waals surface area contributed by atoms with E-state index in [1.54, 1.807) is 20.8 Å². The van der Waals surface area contributed by atoms with Crippen molar-refractivity contribution in [1.82, 2.24) is 4.90 Å². The molecule has 0 N–H and O–H groups in total. The minimum atomic E-state index is -0.678. The summed E-state index contributed by atoms with van der Waals surface area (Å²) in [5, 5.41) is 0. The zero-order valence-electron chi connectivity index (χ0n) is 14.0. The number of benzene rings is 1. The Morgan fingerprint density at radius 2 is 1.92 bits per heavy atom. The van der Waals surface area contributed by atoms with Crippen LogP contribution in [0, 0.1) is 17.6 Å². The van der Waals surface area contributed by atoms with Crippen LogP contribution in [0.2, 0.25) is 0 Å². The molecule has 1 aliphatic carbocycles. The van der Waals surface area contributed by atoms with Gasteiger partial charge in [0, 0.05) is 18.0 Å². The third kappa shape index (κ3) is 3.01. The zero-order valence-corrected chi connectivity index (χ0v) is 14.0. The number of nitrogens with zero attached hydrogens (tertiary/aromatic N) is 1. The second-order valence-electron chi connectivity index (χ2n) is 7.76. The van der Waals surface area contributed by atoms with Gasteiger partial charge >= 0.3 is 6.09 Å². The molecule has 4 nitrogen and oxygen atoms in total. The Balaban J connectivity index is 1.88. The van der Waals surface area contributed by atoms with Crippen molar-refractivity contribution in [1.29, 1.82) is 0 Å².